The largest absolute Gasteiger partial charge is 0.482 e. The van der Waals surface area contributed by atoms with E-state index < -0.39 is 5.92 Å². The molecule has 0 aromatic heterocycles. The Labute approximate surface area is 149 Å². The summed E-state index contributed by atoms with van der Waals surface area (Å²) in [6.45, 7) is 2.08. The van der Waals surface area contributed by atoms with Crippen molar-refractivity contribution in [3.05, 3.63) is 42.0 Å². The van der Waals surface area contributed by atoms with E-state index in [1.807, 2.05) is 37.3 Å². The fourth-order valence-corrected chi connectivity index (χ4v) is 3.25. The van der Waals surface area contributed by atoms with Crippen LogP contribution in [0.25, 0.3) is 0 Å². The highest BCUT2D eigenvalue weighted by atomic mass is 19.3. The summed E-state index contributed by atoms with van der Waals surface area (Å²) in [6, 6.07) is 11.1. The highest BCUT2D eigenvalue weighted by Gasteiger charge is 2.38. The van der Waals surface area contributed by atoms with Gasteiger partial charge in [-0.15, -0.1) is 0 Å². The number of carbonyl (C=O) groups is 1. The lowest BCUT2D eigenvalue weighted by Gasteiger charge is -2.21. The quantitative estimate of drug-likeness (QED) is 0.872. The number of carbonyl (C=O) groups excluding carboxylic acids is 1. The van der Waals surface area contributed by atoms with E-state index in [2.05, 4.69) is 10.6 Å². The molecular weight excluding hydrogens is 340 g/mol. The van der Waals surface area contributed by atoms with Crippen LogP contribution in [0.15, 0.2) is 36.4 Å². The van der Waals surface area contributed by atoms with Crippen LogP contribution in [0.2, 0.25) is 0 Å². The van der Waals surface area contributed by atoms with Crippen molar-refractivity contribution in [3.8, 4) is 5.75 Å². The first kappa shape index (κ1) is 16.6. The molecule has 4 rings (SSSR count). The first-order valence-electron chi connectivity index (χ1n) is 8.47. The molecule has 5 nitrogen and oxygen atoms in total. The number of rotatable bonds is 3. The van der Waals surface area contributed by atoms with E-state index in [0.29, 0.717) is 18.0 Å². The lowest BCUT2D eigenvalue weighted by Crippen LogP contribution is -2.25. The fraction of sp³-hybridized carbons (Fsp3) is 0.316. The van der Waals surface area contributed by atoms with E-state index >= 15 is 0 Å². The maximum Gasteiger partial charge on any atom is 0.266 e. The van der Waals surface area contributed by atoms with Crippen molar-refractivity contribution in [3.63, 3.8) is 0 Å². The predicted molar refractivity (Wildman–Crippen MR) is 96.8 cm³/mol. The molecule has 136 valence electrons. The lowest BCUT2D eigenvalue weighted by atomic mass is 10.1. The molecule has 0 aliphatic carbocycles. The zero-order valence-electron chi connectivity index (χ0n) is 14.3. The van der Waals surface area contributed by atoms with Crippen molar-refractivity contribution in [2.45, 2.75) is 19.3 Å². The molecule has 1 saturated heterocycles. The van der Waals surface area contributed by atoms with Gasteiger partial charge in [0.1, 0.15) is 5.75 Å². The van der Waals surface area contributed by atoms with Gasteiger partial charge < -0.3 is 20.3 Å². The molecule has 7 heteroatoms. The molecule has 2 N–H and O–H groups in total. The second-order valence-electron chi connectivity index (χ2n) is 6.70. The van der Waals surface area contributed by atoms with E-state index in [-0.39, 0.29) is 25.5 Å². The molecule has 26 heavy (non-hydrogen) atoms. The van der Waals surface area contributed by atoms with E-state index in [9.17, 15) is 13.6 Å². The van der Waals surface area contributed by atoms with Gasteiger partial charge in [0.05, 0.1) is 12.2 Å². The standard InChI is InChI=1S/C19H19F2N3O2/c1-12-8-14(24-7-6-19(20,21)11-24)3-5-15(12)22-13-2-4-16-17(9-13)26-10-18(25)23-16/h2-5,8-9,22H,6-7,10-11H2,1H3,(H,23,25). The molecule has 0 bridgehead atoms. The molecule has 2 aromatic carbocycles. The first-order valence-corrected chi connectivity index (χ1v) is 8.47. The Morgan fingerprint density at radius 1 is 1.23 bits per heavy atom. The third-order valence-corrected chi connectivity index (χ3v) is 4.64. The molecular formula is C19H19F2N3O2. The zero-order chi connectivity index (χ0) is 18.3. The minimum absolute atomic E-state index is 0.00461. The summed E-state index contributed by atoms with van der Waals surface area (Å²) in [5.41, 5.74) is 4.13. The summed E-state index contributed by atoms with van der Waals surface area (Å²) in [7, 11) is 0. The second-order valence-corrected chi connectivity index (χ2v) is 6.70. The summed E-state index contributed by atoms with van der Waals surface area (Å²) in [5, 5.41) is 6.06. The molecule has 2 heterocycles. The van der Waals surface area contributed by atoms with Gasteiger partial charge in [-0.05, 0) is 42.8 Å². The van der Waals surface area contributed by atoms with E-state index in [1.54, 1.807) is 11.0 Å². The highest BCUT2D eigenvalue weighted by molar-refractivity contribution is 5.95. The van der Waals surface area contributed by atoms with E-state index in [1.165, 1.54) is 0 Å². The maximum atomic E-state index is 13.4. The Kier molecular flexibility index (Phi) is 3.94. The smallest absolute Gasteiger partial charge is 0.266 e. The molecule has 0 spiro atoms. The number of nitrogens with one attached hydrogen (secondary N) is 2. The van der Waals surface area contributed by atoms with Gasteiger partial charge in [0.15, 0.2) is 6.61 Å². The molecule has 0 atom stereocenters. The summed E-state index contributed by atoms with van der Waals surface area (Å²) < 4.78 is 32.3. The monoisotopic (exact) mass is 359 g/mol. The molecule has 2 aliphatic rings. The van der Waals surface area contributed by atoms with Crippen molar-refractivity contribution < 1.29 is 18.3 Å². The molecule has 0 radical (unpaired) electrons. The fourth-order valence-electron chi connectivity index (χ4n) is 3.25. The van der Waals surface area contributed by atoms with Crippen LogP contribution in [0.3, 0.4) is 0 Å². The van der Waals surface area contributed by atoms with Gasteiger partial charge in [0, 0.05) is 36.1 Å². The minimum atomic E-state index is -2.61. The molecule has 0 saturated carbocycles. The number of fused-ring (bicyclic) bond motifs is 1. The van der Waals surface area contributed by atoms with Crippen LogP contribution in [0.5, 0.6) is 5.75 Å². The van der Waals surface area contributed by atoms with Crippen LogP contribution in [0, 0.1) is 6.92 Å². The number of ether oxygens (including phenoxy) is 1. The number of amides is 1. The van der Waals surface area contributed by atoms with Gasteiger partial charge in [0.25, 0.3) is 11.8 Å². The number of halogens is 2. The van der Waals surface area contributed by atoms with E-state index in [0.717, 1.165) is 22.6 Å². The highest BCUT2D eigenvalue weighted by Crippen LogP contribution is 2.35. The molecule has 2 aliphatic heterocycles. The average molecular weight is 359 g/mol. The van der Waals surface area contributed by atoms with Gasteiger partial charge in [-0.1, -0.05) is 0 Å². The minimum Gasteiger partial charge on any atom is -0.482 e. The Bertz CT molecular complexity index is 870. The Morgan fingerprint density at radius 3 is 2.81 bits per heavy atom. The summed E-state index contributed by atoms with van der Waals surface area (Å²) in [4.78, 5) is 13.0. The first-order chi connectivity index (χ1) is 12.4. The maximum absolute atomic E-state index is 13.4. The van der Waals surface area contributed by atoms with Crippen LogP contribution in [0.1, 0.15) is 12.0 Å². The molecule has 0 unspecified atom stereocenters. The summed E-state index contributed by atoms with van der Waals surface area (Å²) in [5.74, 6) is -2.16. The van der Waals surface area contributed by atoms with Crippen LogP contribution in [-0.2, 0) is 4.79 Å². The number of hydrogen-bond donors (Lipinski definition) is 2. The number of aryl methyl sites for hydroxylation is 1. The van der Waals surface area contributed by atoms with Gasteiger partial charge >= 0.3 is 0 Å². The van der Waals surface area contributed by atoms with Crippen LogP contribution in [-0.4, -0.2) is 31.5 Å². The number of nitrogens with zero attached hydrogens (tertiary/aromatic N) is 1. The summed E-state index contributed by atoms with van der Waals surface area (Å²) in [6.07, 6.45) is -0.0995. The predicted octanol–water partition coefficient (Wildman–Crippen LogP) is 3.91. The number of hydrogen-bond acceptors (Lipinski definition) is 4. The SMILES string of the molecule is Cc1cc(N2CCC(F)(F)C2)ccc1Nc1ccc2c(c1)OCC(=O)N2. The Balaban J connectivity index is 1.51. The summed E-state index contributed by atoms with van der Waals surface area (Å²) >= 11 is 0. The van der Waals surface area contributed by atoms with E-state index in [4.69, 9.17) is 4.74 Å². The van der Waals surface area contributed by atoms with Crippen molar-refractivity contribution in [1.29, 1.82) is 0 Å². The molecule has 1 amide bonds. The third kappa shape index (κ3) is 3.29. The Morgan fingerprint density at radius 2 is 2.08 bits per heavy atom. The van der Waals surface area contributed by atoms with Crippen molar-refractivity contribution in [1.82, 2.24) is 0 Å². The van der Waals surface area contributed by atoms with Crippen molar-refractivity contribution in [2.24, 2.45) is 0 Å². The zero-order valence-corrected chi connectivity index (χ0v) is 14.3. The van der Waals surface area contributed by atoms with Crippen LogP contribution < -0.4 is 20.3 Å². The Hall–Kier alpha value is -2.83. The van der Waals surface area contributed by atoms with Crippen LogP contribution in [0.4, 0.5) is 31.5 Å². The third-order valence-electron chi connectivity index (χ3n) is 4.64. The van der Waals surface area contributed by atoms with Gasteiger partial charge in [-0.2, -0.15) is 0 Å². The number of alkyl halides is 2. The van der Waals surface area contributed by atoms with Crippen molar-refractivity contribution in [2.75, 3.05) is 35.2 Å². The second kappa shape index (κ2) is 6.16. The molecule has 2 aromatic rings. The molecule has 1 fully saturated rings. The normalized spacial score (nSPS) is 18.1. The topological polar surface area (TPSA) is 53.6 Å². The van der Waals surface area contributed by atoms with Gasteiger partial charge in [-0.3, -0.25) is 4.79 Å². The number of anilines is 4. The van der Waals surface area contributed by atoms with Gasteiger partial charge in [0.2, 0.25) is 0 Å². The van der Waals surface area contributed by atoms with Crippen molar-refractivity contribution >= 4 is 28.7 Å². The number of benzene rings is 2. The average Bonchev–Trinajstić information content (AvgIpc) is 2.97. The van der Waals surface area contributed by atoms with Gasteiger partial charge in [-0.25, -0.2) is 8.78 Å². The lowest BCUT2D eigenvalue weighted by molar-refractivity contribution is -0.118. The van der Waals surface area contributed by atoms with Crippen LogP contribution >= 0.6 is 0 Å².